The molecule has 0 bridgehead atoms. The van der Waals surface area contributed by atoms with Crippen molar-refractivity contribution in [1.82, 2.24) is 0 Å². The molecular weight excluding hydrogens is 467 g/mol. The molecule has 0 spiro atoms. The summed E-state index contributed by atoms with van der Waals surface area (Å²) in [6, 6.07) is 36.5. The lowest BCUT2D eigenvalue weighted by Crippen LogP contribution is -2.32. The zero-order valence-electron chi connectivity index (χ0n) is 19.5. The van der Waals surface area contributed by atoms with Crippen LogP contribution in [0.1, 0.15) is 27.4 Å². The minimum atomic E-state index is -1.99. The molecule has 0 atom stereocenters. The maximum atomic E-state index is 12.8. The van der Waals surface area contributed by atoms with Crippen LogP contribution in [0.3, 0.4) is 0 Å². The second-order valence-electron chi connectivity index (χ2n) is 8.58. The topological polar surface area (TPSA) is 26.3 Å². The van der Waals surface area contributed by atoms with E-state index in [1.165, 1.54) is 20.8 Å². The molecule has 0 unspecified atom stereocenters. The van der Waals surface area contributed by atoms with E-state index in [0.29, 0.717) is 11.5 Å². The van der Waals surface area contributed by atoms with Crippen molar-refractivity contribution in [2.75, 3.05) is 6.61 Å². The first-order chi connectivity index (χ1) is 17.3. The Kier molecular flexibility index (Phi) is 7.37. The first-order valence-electron chi connectivity index (χ1n) is 11.9. The van der Waals surface area contributed by atoms with E-state index >= 15 is 0 Å². The molecule has 4 heteroatoms. The molecule has 1 aliphatic rings. The molecule has 4 aromatic rings. The van der Waals surface area contributed by atoms with Gasteiger partial charge in [0.1, 0.15) is 40.8 Å². The minimum absolute atomic E-state index is 0.246. The molecular formula is C31H28O2PS+. The van der Waals surface area contributed by atoms with Crippen molar-refractivity contribution in [3.8, 4) is 0 Å². The average Bonchev–Trinajstić information content (AvgIpc) is 3.41. The van der Waals surface area contributed by atoms with Crippen molar-refractivity contribution in [2.24, 2.45) is 0 Å². The third-order valence-corrected chi connectivity index (χ3v) is 11.9. The first-order valence-corrected chi connectivity index (χ1v) is 14.7. The summed E-state index contributed by atoms with van der Waals surface area (Å²) >= 11 is 1.55. The molecule has 0 fully saturated rings. The largest absolute Gasteiger partial charge is 0.457 e. The van der Waals surface area contributed by atoms with E-state index in [4.69, 9.17) is 4.74 Å². The van der Waals surface area contributed by atoms with E-state index in [2.05, 4.69) is 115 Å². The molecule has 0 aliphatic heterocycles. The van der Waals surface area contributed by atoms with Crippen molar-refractivity contribution in [3.63, 3.8) is 0 Å². The van der Waals surface area contributed by atoms with Crippen LogP contribution in [-0.2, 0) is 10.9 Å². The van der Waals surface area contributed by atoms with Crippen LogP contribution in [0, 0.1) is 0 Å². The van der Waals surface area contributed by atoms with Crippen LogP contribution >= 0.6 is 18.6 Å². The lowest BCUT2D eigenvalue weighted by molar-refractivity contribution is 0.0548. The standard InChI is InChI=1S/C31H28O2PS/c32-31(33-23-25-13-5-1-6-14-25)30-22-21-29(35-30)24-34(26-15-7-2-8-16-26,27-17-9-3-10-18-27)28-19-11-4-12-20-28/h2-5,7-22H,1,6,23-24H2/q+1. The summed E-state index contributed by atoms with van der Waals surface area (Å²) in [5.74, 6) is -0.246. The van der Waals surface area contributed by atoms with Gasteiger partial charge in [0.2, 0.25) is 0 Å². The summed E-state index contributed by atoms with van der Waals surface area (Å²) in [5.41, 5.74) is 1.07. The van der Waals surface area contributed by atoms with Gasteiger partial charge in [-0.15, -0.1) is 11.3 Å². The van der Waals surface area contributed by atoms with Gasteiger partial charge in [-0.3, -0.25) is 0 Å². The Morgan fingerprint density at radius 3 is 1.83 bits per heavy atom. The SMILES string of the molecule is O=C(OCC1=CCCC=C1)c1ccc(C[P+](c2ccccc2)(c2ccccc2)c2ccccc2)s1. The molecule has 0 amide bonds. The molecule has 5 rings (SSSR count). The molecule has 35 heavy (non-hydrogen) atoms. The molecule has 1 aliphatic carbocycles. The molecule has 1 aromatic heterocycles. The number of benzene rings is 3. The van der Waals surface area contributed by atoms with Gasteiger partial charge in [-0.1, -0.05) is 72.8 Å². The van der Waals surface area contributed by atoms with Crippen LogP contribution in [0.15, 0.2) is 127 Å². The lowest BCUT2D eigenvalue weighted by Gasteiger charge is -2.27. The number of hydrogen-bond acceptors (Lipinski definition) is 3. The molecule has 3 aromatic carbocycles. The number of ether oxygens (including phenoxy) is 1. The second kappa shape index (κ2) is 11.0. The van der Waals surface area contributed by atoms with Crippen LogP contribution in [0.4, 0.5) is 0 Å². The summed E-state index contributed by atoms with van der Waals surface area (Å²) < 4.78 is 5.63. The quantitative estimate of drug-likeness (QED) is 0.201. The highest BCUT2D eigenvalue weighted by Crippen LogP contribution is 2.58. The number of rotatable bonds is 8. The van der Waals surface area contributed by atoms with Gasteiger partial charge < -0.3 is 4.74 Å². The van der Waals surface area contributed by atoms with E-state index in [1.807, 2.05) is 6.07 Å². The summed E-state index contributed by atoms with van der Waals surface area (Å²) in [6.45, 7) is 0.331. The van der Waals surface area contributed by atoms with Gasteiger partial charge in [-0.05, 0) is 66.9 Å². The third kappa shape index (κ3) is 5.22. The Labute approximate surface area is 212 Å². The van der Waals surface area contributed by atoms with Gasteiger partial charge in [0.15, 0.2) is 0 Å². The number of carbonyl (C=O) groups excluding carboxylic acids is 1. The normalized spacial score (nSPS) is 13.3. The summed E-state index contributed by atoms with van der Waals surface area (Å²) in [6.07, 6.45) is 9.25. The van der Waals surface area contributed by atoms with E-state index < -0.39 is 7.26 Å². The van der Waals surface area contributed by atoms with Gasteiger partial charge in [0, 0.05) is 4.88 Å². The summed E-state index contributed by atoms with van der Waals surface area (Å²) in [7, 11) is -1.99. The number of allylic oxidation sites excluding steroid dienone is 2. The van der Waals surface area contributed by atoms with Crippen molar-refractivity contribution >= 4 is 40.5 Å². The molecule has 2 nitrogen and oxygen atoms in total. The van der Waals surface area contributed by atoms with Gasteiger partial charge in [-0.2, -0.15) is 0 Å². The van der Waals surface area contributed by atoms with E-state index in [-0.39, 0.29) is 5.97 Å². The van der Waals surface area contributed by atoms with Gasteiger partial charge in [0.25, 0.3) is 0 Å². The predicted molar refractivity (Wildman–Crippen MR) is 150 cm³/mol. The molecule has 0 saturated heterocycles. The second-order valence-corrected chi connectivity index (χ2v) is 13.2. The maximum absolute atomic E-state index is 12.8. The van der Waals surface area contributed by atoms with E-state index in [0.717, 1.165) is 24.6 Å². The highest BCUT2D eigenvalue weighted by molar-refractivity contribution is 7.95. The zero-order chi connectivity index (χ0) is 23.9. The van der Waals surface area contributed by atoms with Crippen LogP contribution in [0.5, 0.6) is 0 Å². The Morgan fingerprint density at radius 1 is 0.743 bits per heavy atom. The molecule has 0 radical (unpaired) electrons. The molecule has 1 heterocycles. The van der Waals surface area contributed by atoms with Crippen LogP contribution < -0.4 is 15.9 Å². The molecule has 174 valence electrons. The van der Waals surface area contributed by atoms with Crippen LogP contribution in [0.2, 0.25) is 0 Å². The first kappa shape index (κ1) is 23.5. The smallest absolute Gasteiger partial charge is 0.348 e. The fourth-order valence-corrected chi connectivity index (χ4v) is 10.2. The highest BCUT2D eigenvalue weighted by atomic mass is 32.1. The lowest BCUT2D eigenvalue weighted by atomic mass is 10.1. The Balaban J connectivity index is 1.49. The fourth-order valence-electron chi connectivity index (χ4n) is 4.57. The predicted octanol–water partition coefficient (Wildman–Crippen LogP) is 6.68. The van der Waals surface area contributed by atoms with Crippen molar-refractivity contribution in [2.45, 2.75) is 19.0 Å². The Morgan fingerprint density at radius 2 is 1.31 bits per heavy atom. The van der Waals surface area contributed by atoms with Gasteiger partial charge in [0.05, 0.1) is 0 Å². The Bertz CT molecular complexity index is 1230. The number of thiophene rings is 1. The molecule has 0 saturated carbocycles. The minimum Gasteiger partial charge on any atom is -0.457 e. The Hall–Kier alpha value is -3.26. The van der Waals surface area contributed by atoms with Crippen molar-refractivity contribution < 1.29 is 9.53 Å². The average molecular weight is 496 g/mol. The van der Waals surface area contributed by atoms with Crippen molar-refractivity contribution in [3.05, 3.63) is 137 Å². The monoisotopic (exact) mass is 495 g/mol. The van der Waals surface area contributed by atoms with E-state index in [1.54, 1.807) is 11.3 Å². The maximum Gasteiger partial charge on any atom is 0.348 e. The zero-order valence-corrected chi connectivity index (χ0v) is 21.3. The van der Waals surface area contributed by atoms with Crippen molar-refractivity contribution in [1.29, 1.82) is 0 Å². The van der Waals surface area contributed by atoms with Gasteiger partial charge in [-0.25, -0.2) is 4.79 Å². The van der Waals surface area contributed by atoms with E-state index in [9.17, 15) is 4.79 Å². The number of carbonyl (C=O) groups is 1. The molecule has 0 N–H and O–H groups in total. The number of hydrogen-bond donors (Lipinski definition) is 0. The fraction of sp³-hybridized carbons (Fsp3) is 0.129. The van der Waals surface area contributed by atoms with Gasteiger partial charge >= 0.3 is 5.97 Å². The number of esters is 1. The summed E-state index contributed by atoms with van der Waals surface area (Å²) in [4.78, 5) is 14.7. The summed E-state index contributed by atoms with van der Waals surface area (Å²) in [5, 5.41) is 4.02. The van der Waals surface area contributed by atoms with Crippen LogP contribution in [0.25, 0.3) is 0 Å². The highest BCUT2D eigenvalue weighted by Gasteiger charge is 2.45. The van der Waals surface area contributed by atoms with Crippen LogP contribution in [-0.4, -0.2) is 12.6 Å². The third-order valence-electron chi connectivity index (χ3n) is 6.29.